The highest BCUT2D eigenvalue weighted by Gasteiger charge is 2.12. The van der Waals surface area contributed by atoms with Crippen molar-refractivity contribution in [3.63, 3.8) is 0 Å². The number of aryl methyl sites for hydroxylation is 2. The number of fused-ring (bicyclic) bond motifs is 1. The van der Waals surface area contributed by atoms with Gasteiger partial charge in [-0.3, -0.25) is 14.8 Å². The molecule has 2 heterocycles. The van der Waals surface area contributed by atoms with Crippen molar-refractivity contribution in [1.29, 1.82) is 5.26 Å². The van der Waals surface area contributed by atoms with Crippen LogP contribution in [-0.2, 0) is 18.3 Å². The van der Waals surface area contributed by atoms with Crippen LogP contribution in [0.5, 0.6) is 0 Å². The third-order valence-electron chi connectivity index (χ3n) is 4.13. The van der Waals surface area contributed by atoms with Gasteiger partial charge in [-0.05, 0) is 44.0 Å². The molecule has 0 radical (unpaired) electrons. The van der Waals surface area contributed by atoms with Gasteiger partial charge in [0.2, 0.25) is 11.9 Å². The van der Waals surface area contributed by atoms with Crippen LogP contribution in [-0.4, -0.2) is 25.7 Å². The van der Waals surface area contributed by atoms with Gasteiger partial charge in [0.25, 0.3) is 0 Å². The summed E-state index contributed by atoms with van der Waals surface area (Å²) in [7, 11) is 1.90. The maximum absolute atomic E-state index is 12.2. The molecule has 122 valence electrons. The maximum atomic E-state index is 12.2. The largest absolute Gasteiger partial charge is 0.324 e. The minimum Gasteiger partial charge on any atom is -0.324 e. The molecule has 0 saturated heterocycles. The molecule has 2 N–H and O–H groups in total. The summed E-state index contributed by atoms with van der Waals surface area (Å²) in [5, 5.41) is 16.0. The lowest BCUT2D eigenvalue weighted by Gasteiger charge is -2.03. The molecule has 3 aromatic rings. The summed E-state index contributed by atoms with van der Waals surface area (Å²) >= 11 is 0. The average molecular weight is 322 g/mol. The summed E-state index contributed by atoms with van der Waals surface area (Å²) in [6.07, 6.45) is 0.990. The van der Waals surface area contributed by atoms with Crippen molar-refractivity contribution in [3.8, 4) is 6.07 Å². The van der Waals surface area contributed by atoms with Crippen molar-refractivity contribution in [3.05, 3.63) is 40.7 Å². The van der Waals surface area contributed by atoms with E-state index in [9.17, 15) is 4.79 Å². The lowest BCUT2D eigenvalue weighted by molar-refractivity contribution is -0.116. The SMILES string of the molecule is Cc1nn(C)c(C)c1CCC(=O)Nc1nc2ccc(C#N)cc2[nH]1. The van der Waals surface area contributed by atoms with Gasteiger partial charge in [-0.2, -0.15) is 10.4 Å². The number of rotatable bonds is 4. The maximum Gasteiger partial charge on any atom is 0.227 e. The van der Waals surface area contributed by atoms with E-state index < -0.39 is 0 Å². The van der Waals surface area contributed by atoms with Gasteiger partial charge in [0.1, 0.15) is 0 Å². The van der Waals surface area contributed by atoms with Crippen molar-refractivity contribution < 1.29 is 4.79 Å². The number of carbonyl (C=O) groups excluding carboxylic acids is 1. The molecule has 24 heavy (non-hydrogen) atoms. The fourth-order valence-electron chi connectivity index (χ4n) is 2.75. The molecule has 0 spiro atoms. The van der Waals surface area contributed by atoms with Crippen LogP contribution >= 0.6 is 0 Å². The molecule has 1 amide bonds. The zero-order chi connectivity index (χ0) is 17.3. The molecule has 0 aliphatic rings. The normalized spacial score (nSPS) is 10.8. The van der Waals surface area contributed by atoms with Gasteiger partial charge < -0.3 is 4.98 Å². The first-order valence-corrected chi connectivity index (χ1v) is 7.66. The van der Waals surface area contributed by atoms with E-state index in [0.29, 0.717) is 29.9 Å². The van der Waals surface area contributed by atoms with E-state index in [1.165, 1.54) is 0 Å². The fraction of sp³-hybridized carbons (Fsp3) is 0.294. The number of amides is 1. The van der Waals surface area contributed by atoms with E-state index in [1.807, 2.05) is 25.6 Å². The van der Waals surface area contributed by atoms with Crippen molar-refractivity contribution in [1.82, 2.24) is 19.7 Å². The van der Waals surface area contributed by atoms with Gasteiger partial charge in [0.15, 0.2) is 0 Å². The van der Waals surface area contributed by atoms with Crippen LogP contribution in [0.2, 0.25) is 0 Å². The molecule has 7 nitrogen and oxygen atoms in total. The Morgan fingerprint density at radius 2 is 2.21 bits per heavy atom. The summed E-state index contributed by atoms with van der Waals surface area (Å²) in [6, 6.07) is 7.24. The van der Waals surface area contributed by atoms with Crippen LogP contribution in [0.15, 0.2) is 18.2 Å². The Balaban J connectivity index is 1.67. The van der Waals surface area contributed by atoms with Crippen molar-refractivity contribution in [2.24, 2.45) is 7.05 Å². The lowest BCUT2D eigenvalue weighted by Crippen LogP contribution is -2.13. The van der Waals surface area contributed by atoms with Gasteiger partial charge in [-0.15, -0.1) is 0 Å². The second-order valence-electron chi connectivity index (χ2n) is 5.75. The zero-order valence-corrected chi connectivity index (χ0v) is 13.8. The number of hydrogen-bond acceptors (Lipinski definition) is 4. The molecule has 0 fully saturated rings. The van der Waals surface area contributed by atoms with E-state index in [2.05, 4.69) is 26.5 Å². The molecule has 3 rings (SSSR count). The van der Waals surface area contributed by atoms with Crippen LogP contribution in [0.3, 0.4) is 0 Å². The lowest BCUT2D eigenvalue weighted by atomic mass is 10.1. The van der Waals surface area contributed by atoms with Crippen LogP contribution < -0.4 is 5.32 Å². The van der Waals surface area contributed by atoms with Crippen molar-refractivity contribution in [2.75, 3.05) is 5.32 Å². The summed E-state index contributed by atoms with van der Waals surface area (Å²) in [6.45, 7) is 3.95. The molecule has 0 aliphatic carbocycles. The molecule has 0 saturated carbocycles. The highest BCUT2D eigenvalue weighted by atomic mass is 16.1. The topological polar surface area (TPSA) is 99.4 Å². The Kier molecular flexibility index (Phi) is 4.04. The molecule has 0 atom stereocenters. The summed E-state index contributed by atoms with van der Waals surface area (Å²) in [4.78, 5) is 19.5. The molecule has 7 heteroatoms. The van der Waals surface area contributed by atoms with Gasteiger partial charge in [0.05, 0.1) is 28.4 Å². The second-order valence-corrected chi connectivity index (χ2v) is 5.75. The number of aromatic amines is 1. The number of hydrogen-bond donors (Lipinski definition) is 2. The number of carbonyl (C=O) groups is 1. The van der Waals surface area contributed by atoms with Crippen molar-refractivity contribution >= 4 is 22.9 Å². The van der Waals surface area contributed by atoms with Crippen LogP contribution in [0.25, 0.3) is 11.0 Å². The molecule has 0 aliphatic heterocycles. The Hall–Kier alpha value is -3.14. The van der Waals surface area contributed by atoms with Gasteiger partial charge >= 0.3 is 0 Å². The second kappa shape index (κ2) is 6.16. The number of H-pyrrole nitrogens is 1. The molecule has 2 aromatic heterocycles. The predicted octanol–water partition coefficient (Wildman–Crippen LogP) is 2.36. The zero-order valence-electron chi connectivity index (χ0n) is 13.8. The first-order chi connectivity index (χ1) is 11.5. The minimum atomic E-state index is -0.114. The van der Waals surface area contributed by atoms with Crippen LogP contribution in [0.4, 0.5) is 5.95 Å². The fourth-order valence-corrected chi connectivity index (χ4v) is 2.75. The molecular weight excluding hydrogens is 304 g/mol. The predicted molar refractivity (Wildman–Crippen MR) is 90.4 cm³/mol. The highest BCUT2D eigenvalue weighted by molar-refractivity contribution is 5.91. The van der Waals surface area contributed by atoms with E-state index in [1.54, 1.807) is 18.2 Å². The monoisotopic (exact) mass is 322 g/mol. The summed E-state index contributed by atoms with van der Waals surface area (Å²) in [5.74, 6) is 0.280. The third kappa shape index (κ3) is 2.99. The minimum absolute atomic E-state index is 0.114. The quantitative estimate of drug-likeness (QED) is 0.770. The number of imidazole rings is 1. The van der Waals surface area contributed by atoms with Gasteiger partial charge in [-0.25, -0.2) is 4.98 Å². The molecule has 1 aromatic carbocycles. The van der Waals surface area contributed by atoms with E-state index in [0.717, 1.165) is 22.5 Å². The van der Waals surface area contributed by atoms with Crippen LogP contribution in [0.1, 0.15) is 28.9 Å². The van der Waals surface area contributed by atoms with E-state index >= 15 is 0 Å². The molecule has 0 unspecified atom stereocenters. The van der Waals surface area contributed by atoms with Crippen LogP contribution in [0, 0.1) is 25.2 Å². The average Bonchev–Trinajstić information content (AvgIpc) is 3.05. The number of nitrogens with one attached hydrogen (secondary N) is 2. The van der Waals surface area contributed by atoms with Crippen molar-refractivity contribution in [2.45, 2.75) is 26.7 Å². The first-order valence-electron chi connectivity index (χ1n) is 7.66. The standard InChI is InChI=1S/C17H18N6O/c1-10-13(11(2)23(3)22-10)5-7-16(24)21-17-19-14-6-4-12(9-18)8-15(14)20-17/h4,6,8H,5,7H2,1-3H3,(H2,19,20,21,24). The third-order valence-corrected chi connectivity index (χ3v) is 4.13. The van der Waals surface area contributed by atoms with E-state index in [-0.39, 0.29) is 5.91 Å². The highest BCUT2D eigenvalue weighted by Crippen LogP contribution is 2.17. The molecule has 0 bridgehead atoms. The number of aromatic nitrogens is 4. The Labute approximate surface area is 139 Å². The summed E-state index contributed by atoms with van der Waals surface area (Å²) < 4.78 is 1.83. The van der Waals surface area contributed by atoms with Gasteiger partial charge in [0, 0.05) is 19.2 Å². The smallest absolute Gasteiger partial charge is 0.227 e. The Morgan fingerprint density at radius 3 is 2.88 bits per heavy atom. The van der Waals surface area contributed by atoms with Gasteiger partial charge in [-0.1, -0.05) is 0 Å². The molecular formula is C17H18N6O. The number of benzene rings is 1. The first kappa shape index (κ1) is 15.7. The van der Waals surface area contributed by atoms with E-state index in [4.69, 9.17) is 5.26 Å². The number of nitrogens with zero attached hydrogens (tertiary/aromatic N) is 4. The summed E-state index contributed by atoms with van der Waals surface area (Å²) in [5.41, 5.74) is 5.12. The number of nitriles is 1. The Morgan fingerprint density at radius 1 is 1.42 bits per heavy atom. The number of anilines is 1. The Bertz CT molecular complexity index is 960.